The number of anilines is 2. The lowest BCUT2D eigenvalue weighted by molar-refractivity contribution is -0.144. The predicted molar refractivity (Wildman–Crippen MR) is 74.6 cm³/mol. The normalized spacial score (nSPS) is 11.4. The molecule has 1 heterocycles. The van der Waals surface area contributed by atoms with E-state index < -0.39 is 12.0 Å². The molecular formula is C14H15F3N4. The van der Waals surface area contributed by atoms with Gasteiger partial charge in [-0.3, -0.25) is 0 Å². The monoisotopic (exact) mass is 296 g/mol. The number of halogens is 3. The van der Waals surface area contributed by atoms with E-state index in [-0.39, 0.29) is 11.6 Å². The van der Waals surface area contributed by atoms with Crippen LogP contribution >= 0.6 is 0 Å². The lowest BCUT2D eigenvalue weighted by Crippen LogP contribution is -2.14. The Balaban J connectivity index is 2.10. The molecule has 21 heavy (non-hydrogen) atoms. The number of nitrogens with zero attached hydrogens (tertiary/aromatic N) is 2. The molecule has 1 aromatic carbocycles. The second-order valence-electron chi connectivity index (χ2n) is 4.52. The van der Waals surface area contributed by atoms with Gasteiger partial charge in [0.05, 0.1) is 0 Å². The first-order chi connectivity index (χ1) is 9.88. The number of aromatic nitrogens is 2. The minimum Gasteiger partial charge on any atom is -0.384 e. The Bertz CT molecular complexity index is 609. The first-order valence-corrected chi connectivity index (χ1v) is 6.42. The summed E-state index contributed by atoms with van der Waals surface area (Å²) in [5, 5.41) is 2.82. The van der Waals surface area contributed by atoms with Crippen LogP contribution in [0.5, 0.6) is 0 Å². The van der Waals surface area contributed by atoms with E-state index in [1.807, 2.05) is 24.3 Å². The van der Waals surface area contributed by atoms with E-state index in [0.29, 0.717) is 6.54 Å². The van der Waals surface area contributed by atoms with Crippen LogP contribution in [0.2, 0.25) is 0 Å². The SMILES string of the molecule is CCc1ccc(CNc2cc(N)nc(C(F)(F)F)n2)cc1. The molecule has 2 rings (SSSR count). The molecule has 0 unspecified atom stereocenters. The summed E-state index contributed by atoms with van der Waals surface area (Å²) >= 11 is 0. The van der Waals surface area contributed by atoms with E-state index in [4.69, 9.17) is 5.73 Å². The maximum atomic E-state index is 12.6. The molecule has 0 amide bonds. The summed E-state index contributed by atoms with van der Waals surface area (Å²) < 4.78 is 37.8. The van der Waals surface area contributed by atoms with Gasteiger partial charge in [0, 0.05) is 12.6 Å². The maximum absolute atomic E-state index is 12.6. The van der Waals surface area contributed by atoms with Crippen molar-refractivity contribution in [1.82, 2.24) is 9.97 Å². The van der Waals surface area contributed by atoms with E-state index in [1.54, 1.807) is 0 Å². The highest BCUT2D eigenvalue weighted by Gasteiger charge is 2.35. The van der Waals surface area contributed by atoms with E-state index in [0.717, 1.165) is 12.0 Å². The molecule has 3 N–H and O–H groups in total. The maximum Gasteiger partial charge on any atom is 0.451 e. The molecule has 0 spiro atoms. The van der Waals surface area contributed by atoms with Crippen LogP contribution in [0.4, 0.5) is 24.8 Å². The Hall–Kier alpha value is -2.31. The number of benzene rings is 1. The number of hydrogen-bond donors (Lipinski definition) is 2. The number of hydrogen-bond acceptors (Lipinski definition) is 4. The van der Waals surface area contributed by atoms with Crippen LogP contribution in [0.1, 0.15) is 23.9 Å². The molecular weight excluding hydrogens is 281 g/mol. The van der Waals surface area contributed by atoms with Crippen molar-refractivity contribution in [1.29, 1.82) is 0 Å². The first-order valence-electron chi connectivity index (χ1n) is 6.42. The van der Waals surface area contributed by atoms with Crippen molar-refractivity contribution in [2.45, 2.75) is 26.1 Å². The number of nitrogens with two attached hydrogens (primary N) is 1. The first kappa shape index (κ1) is 15.1. The van der Waals surface area contributed by atoms with Crippen molar-refractivity contribution < 1.29 is 13.2 Å². The summed E-state index contributed by atoms with van der Waals surface area (Å²) in [7, 11) is 0. The molecule has 0 saturated heterocycles. The Morgan fingerprint density at radius 1 is 1.10 bits per heavy atom. The van der Waals surface area contributed by atoms with E-state index >= 15 is 0 Å². The van der Waals surface area contributed by atoms with Gasteiger partial charge in [-0.05, 0) is 17.5 Å². The molecule has 0 aliphatic heterocycles. The molecule has 0 fully saturated rings. The van der Waals surface area contributed by atoms with Gasteiger partial charge in [0.1, 0.15) is 11.6 Å². The molecule has 7 heteroatoms. The van der Waals surface area contributed by atoms with Crippen LogP contribution in [-0.4, -0.2) is 9.97 Å². The van der Waals surface area contributed by atoms with Crippen molar-refractivity contribution in [2.24, 2.45) is 0 Å². The lowest BCUT2D eigenvalue weighted by atomic mass is 10.1. The van der Waals surface area contributed by atoms with Crippen molar-refractivity contribution in [2.75, 3.05) is 11.1 Å². The highest BCUT2D eigenvalue weighted by Crippen LogP contribution is 2.27. The van der Waals surface area contributed by atoms with Gasteiger partial charge >= 0.3 is 6.18 Å². The van der Waals surface area contributed by atoms with E-state index in [9.17, 15) is 13.2 Å². The fourth-order valence-electron chi connectivity index (χ4n) is 1.77. The second-order valence-corrected chi connectivity index (χ2v) is 4.52. The summed E-state index contributed by atoms with van der Waals surface area (Å²) in [5.41, 5.74) is 7.51. The highest BCUT2D eigenvalue weighted by atomic mass is 19.4. The summed E-state index contributed by atoms with van der Waals surface area (Å²) in [5.74, 6) is -1.41. The molecule has 112 valence electrons. The Labute approximate surface area is 120 Å². The standard InChI is InChI=1S/C14H15F3N4/c1-2-9-3-5-10(6-4-9)8-19-12-7-11(18)20-13(21-12)14(15,16)17/h3-7H,2,8H2,1H3,(H3,18,19,20,21). The Morgan fingerprint density at radius 3 is 2.29 bits per heavy atom. The largest absolute Gasteiger partial charge is 0.451 e. The Kier molecular flexibility index (Phi) is 4.30. The molecule has 0 aliphatic carbocycles. The zero-order chi connectivity index (χ0) is 15.5. The zero-order valence-corrected chi connectivity index (χ0v) is 11.4. The van der Waals surface area contributed by atoms with Crippen molar-refractivity contribution in [3.63, 3.8) is 0 Å². The second kappa shape index (κ2) is 5.99. The summed E-state index contributed by atoms with van der Waals surface area (Å²) in [6, 6.07) is 9.07. The topological polar surface area (TPSA) is 63.8 Å². The van der Waals surface area contributed by atoms with E-state index in [2.05, 4.69) is 22.2 Å². The van der Waals surface area contributed by atoms with Crippen molar-refractivity contribution in [3.05, 3.63) is 47.3 Å². The van der Waals surface area contributed by atoms with Gasteiger partial charge in [-0.2, -0.15) is 13.2 Å². The van der Waals surface area contributed by atoms with Gasteiger partial charge in [-0.1, -0.05) is 31.2 Å². The molecule has 0 saturated carbocycles. The molecule has 0 aliphatic rings. The van der Waals surface area contributed by atoms with Gasteiger partial charge in [0.25, 0.3) is 0 Å². The molecule has 2 aromatic rings. The summed E-state index contributed by atoms with van der Waals surface area (Å²) in [4.78, 5) is 6.61. The highest BCUT2D eigenvalue weighted by molar-refractivity contribution is 5.45. The van der Waals surface area contributed by atoms with Crippen LogP contribution in [0.15, 0.2) is 30.3 Å². The van der Waals surface area contributed by atoms with Crippen LogP contribution < -0.4 is 11.1 Å². The van der Waals surface area contributed by atoms with Crippen LogP contribution in [0.3, 0.4) is 0 Å². The number of rotatable bonds is 4. The Morgan fingerprint density at radius 2 is 1.71 bits per heavy atom. The van der Waals surface area contributed by atoms with Crippen molar-refractivity contribution in [3.8, 4) is 0 Å². The third kappa shape index (κ3) is 4.08. The number of nitrogens with one attached hydrogen (secondary N) is 1. The quantitative estimate of drug-likeness (QED) is 0.909. The number of alkyl halides is 3. The van der Waals surface area contributed by atoms with Gasteiger partial charge in [0.2, 0.25) is 5.82 Å². The van der Waals surface area contributed by atoms with Crippen molar-refractivity contribution >= 4 is 11.6 Å². The molecule has 0 atom stereocenters. The smallest absolute Gasteiger partial charge is 0.384 e. The third-order valence-corrected chi connectivity index (χ3v) is 2.90. The predicted octanol–water partition coefficient (Wildman–Crippen LogP) is 3.25. The zero-order valence-electron chi connectivity index (χ0n) is 11.4. The van der Waals surface area contributed by atoms with Gasteiger partial charge in [-0.15, -0.1) is 0 Å². The minimum atomic E-state index is -4.62. The van der Waals surface area contributed by atoms with E-state index in [1.165, 1.54) is 11.6 Å². The number of nitrogen functional groups attached to an aromatic ring is 1. The van der Waals surface area contributed by atoms with Crippen LogP contribution in [-0.2, 0) is 19.1 Å². The minimum absolute atomic E-state index is 0.0504. The molecule has 1 aromatic heterocycles. The van der Waals surface area contributed by atoms with Gasteiger partial charge in [0.15, 0.2) is 0 Å². The molecule has 0 bridgehead atoms. The number of aryl methyl sites for hydroxylation is 1. The molecule has 4 nitrogen and oxygen atoms in total. The fraction of sp³-hybridized carbons (Fsp3) is 0.286. The van der Waals surface area contributed by atoms with Gasteiger partial charge < -0.3 is 11.1 Å². The summed E-state index contributed by atoms with van der Waals surface area (Å²) in [6.07, 6.45) is -3.68. The molecule has 0 radical (unpaired) electrons. The average molecular weight is 296 g/mol. The lowest BCUT2D eigenvalue weighted by Gasteiger charge is -2.10. The summed E-state index contributed by atoms with van der Waals surface area (Å²) in [6.45, 7) is 2.41. The van der Waals surface area contributed by atoms with Crippen LogP contribution in [0.25, 0.3) is 0 Å². The third-order valence-electron chi connectivity index (χ3n) is 2.90. The fourth-order valence-corrected chi connectivity index (χ4v) is 1.77. The van der Waals surface area contributed by atoms with Crippen LogP contribution in [0, 0.1) is 0 Å². The average Bonchev–Trinajstić information content (AvgIpc) is 2.44. The van der Waals surface area contributed by atoms with Gasteiger partial charge in [-0.25, -0.2) is 9.97 Å².